The second-order valence-corrected chi connectivity index (χ2v) is 6.32. The van der Waals surface area contributed by atoms with Crippen molar-refractivity contribution >= 4 is 11.5 Å². The number of nitrogens with one attached hydrogen (secondary N) is 1. The van der Waals surface area contributed by atoms with Crippen LogP contribution < -0.4 is 4.90 Å². The van der Waals surface area contributed by atoms with Crippen LogP contribution in [0.4, 0.5) is 14.7 Å². The molecule has 0 aliphatic carbocycles. The third-order valence-electron chi connectivity index (χ3n) is 4.80. The largest absolute Gasteiger partial charge is 0.348 e. The fourth-order valence-electron chi connectivity index (χ4n) is 3.61. The Balaban J connectivity index is 1.68. The number of hydrogen-bond acceptors (Lipinski definition) is 5. The van der Waals surface area contributed by atoms with Crippen LogP contribution in [0.2, 0.25) is 0 Å². The van der Waals surface area contributed by atoms with E-state index in [4.69, 9.17) is 0 Å². The third kappa shape index (κ3) is 2.54. The number of pyridine rings is 1. The summed E-state index contributed by atoms with van der Waals surface area (Å²) in [7, 11) is 0. The summed E-state index contributed by atoms with van der Waals surface area (Å²) in [5.41, 5.74) is 2.80. The van der Waals surface area contributed by atoms with E-state index in [1.807, 2.05) is 4.90 Å². The number of aromatic nitrogens is 6. The van der Waals surface area contributed by atoms with Crippen molar-refractivity contribution in [3.8, 4) is 0 Å². The SMILES string of the molecule is FC(F)c1cccn2nc([C@@H]3c4nc[nH]c4CCN3c3ncccn3)cc12. The minimum atomic E-state index is -2.57. The van der Waals surface area contributed by atoms with Crippen molar-refractivity contribution < 1.29 is 8.78 Å². The molecule has 0 unspecified atom stereocenters. The molecule has 1 N–H and O–H groups in total. The first-order valence-corrected chi connectivity index (χ1v) is 8.54. The molecule has 0 spiro atoms. The van der Waals surface area contributed by atoms with E-state index in [1.54, 1.807) is 43.1 Å². The maximum atomic E-state index is 13.4. The molecule has 5 heterocycles. The third-order valence-corrected chi connectivity index (χ3v) is 4.80. The molecule has 1 aliphatic rings. The number of alkyl halides is 2. The van der Waals surface area contributed by atoms with Crippen LogP contribution in [0, 0.1) is 0 Å². The Hall–Kier alpha value is -3.36. The van der Waals surface area contributed by atoms with E-state index in [0.29, 0.717) is 23.7 Å². The Morgan fingerprint density at radius 1 is 1.15 bits per heavy atom. The van der Waals surface area contributed by atoms with Gasteiger partial charge in [-0.3, -0.25) is 0 Å². The van der Waals surface area contributed by atoms with Crippen molar-refractivity contribution in [1.29, 1.82) is 0 Å². The predicted octanol–water partition coefficient (Wildman–Crippen LogP) is 2.94. The van der Waals surface area contributed by atoms with Gasteiger partial charge in [0.2, 0.25) is 5.95 Å². The Kier molecular flexibility index (Phi) is 3.59. The number of rotatable bonds is 3. The van der Waals surface area contributed by atoms with Crippen LogP contribution in [0.5, 0.6) is 0 Å². The summed E-state index contributed by atoms with van der Waals surface area (Å²) < 4.78 is 28.3. The molecule has 0 saturated carbocycles. The molecule has 0 aromatic carbocycles. The summed E-state index contributed by atoms with van der Waals surface area (Å²) in [6, 6.07) is 6.09. The van der Waals surface area contributed by atoms with Crippen molar-refractivity contribution in [1.82, 2.24) is 29.5 Å². The number of H-pyrrole nitrogens is 1. The highest BCUT2D eigenvalue weighted by molar-refractivity contribution is 5.58. The van der Waals surface area contributed by atoms with Crippen LogP contribution in [0.15, 0.2) is 49.2 Å². The van der Waals surface area contributed by atoms with Crippen molar-refractivity contribution in [2.45, 2.75) is 18.9 Å². The summed E-state index contributed by atoms with van der Waals surface area (Å²) in [4.78, 5) is 18.3. The second kappa shape index (κ2) is 6.11. The lowest BCUT2D eigenvalue weighted by Gasteiger charge is -2.33. The lowest BCUT2D eigenvalue weighted by molar-refractivity contribution is 0.152. The molecule has 0 saturated heterocycles. The van der Waals surface area contributed by atoms with Crippen molar-refractivity contribution in [3.63, 3.8) is 0 Å². The molecule has 1 atom stereocenters. The maximum Gasteiger partial charge on any atom is 0.265 e. The van der Waals surface area contributed by atoms with E-state index in [-0.39, 0.29) is 11.6 Å². The highest BCUT2D eigenvalue weighted by Crippen LogP contribution is 2.36. The van der Waals surface area contributed by atoms with Gasteiger partial charge in [0.1, 0.15) is 6.04 Å². The summed E-state index contributed by atoms with van der Waals surface area (Å²) in [5, 5.41) is 4.57. The van der Waals surface area contributed by atoms with E-state index in [0.717, 1.165) is 17.8 Å². The van der Waals surface area contributed by atoms with Gasteiger partial charge in [-0.15, -0.1) is 0 Å². The number of anilines is 1. The zero-order valence-corrected chi connectivity index (χ0v) is 14.1. The molecular formula is C18H15F2N7. The first-order valence-electron chi connectivity index (χ1n) is 8.54. The molecule has 7 nitrogen and oxygen atoms in total. The molecule has 0 amide bonds. The zero-order valence-electron chi connectivity index (χ0n) is 14.1. The average molecular weight is 367 g/mol. The van der Waals surface area contributed by atoms with Crippen LogP contribution in [0.1, 0.15) is 35.1 Å². The molecular weight excluding hydrogens is 352 g/mol. The topological polar surface area (TPSA) is 75.0 Å². The summed E-state index contributed by atoms with van der Waals surface area (Å²) in [5.74, 6) is 0.558. The number of hydrogen-bond donors (Lipinski definition) is 1. The van der Waals surface area contributed by atoms with E-state index in [1.165, 1.54) is 10.6 Å². The van der Waals surface area contributed by atoms with E-state index < -0.39 is 6.43 Å². The summed E-state index contributed by atoms with van der Waals surface area (Å²) >= 11 is 0. The molecule has 0 radical (unpaired) electrons. The van der Waals surface area contributed by atoms with Crippen LogP contribution in [0.3, 0.4) is 0 Å². The minimum Gasteiger partial charge on any atom is -0.348 e. The van der Waals surface area contributed by atoms with Crippen molar-refractivity contribution in [2.75, 3.05) is 11.4 Å². The first kappa shape index (κ1) is 15.9. The Bertz CT molecular complexity index is 1090. The van der Waals surface area contributed by atoms with Gasteiger partial charge < -0.3 is 9.88 Å². The fourth-order valence-corrected chi connectivity index (χ4v) is 3.61. The smallest absolute Gasteiger partial charge is 0.265 e. The van der Waals surface area contributed by atoms with Crippen LogP contribution in [-0.2, 0) is 6.42 Å². The number of nitrogens with zero attached hydrogens (tertiary/aromatic N) is 6. The number of aromatic amines is 1. The number of fused-ring (bicyclic) bond motifs is 2. The van der Waals surface area contributed by atoms with Crippen LogP contribution in [-0.4, -0.2) is 36.1 Å². The van der Waals surface area contributed by atoms with E-state index in [2.05, 4.69) is 25.0 Å². The predicted molar refractivity (Wildman–Crippen MR) is 93.7 cm³/mol. The van der Waals surface area contributed by atoms with Gasteiger partial charge in [0, 0.05) is 42.8 Å². The van der Waals surface area contributed by atoms with Gasteiger partial charge in [-0.25, -0.2) is 28.2 Å². The van der Waals surface area contributed by atoms with E-state index in [9.17, 15) is 8.78 Å². The second-order valence-electron chi connectivity index (χ2n) is 6.32. The Morgan fingerprint density at radius 3 is 2.81 bits per heavy atom. The van der Waals surface area contributed by atoms with Crippen LogP contribution in [0.25, 0.3) is 5.52 Å². The lowest BCUT2D eigenvalue weighted by atomic mass is 10.00. The molecule has 0 bridgehead atoms. The standard InChI is InChI=1S/C18H15F2N7/c19-17(20)11-3-1-7-27-14(11)9-13(25-27)16-15-12(23-10-24-15)4-8-26(16)18-21-5-2-6-22-18/h1-3,5-7,9-10,16-17H,4,8H2,(H,23,24)/t16-/m1/s1. The summed E-state index contributed by atoms with van der Waals surface area (Å²) in [6.45, 7) is 0.666. The molecule has 0 fully saturated rings. The fraction of sp³-hybridized carbons (Fsp3) is 0.222. The van der Waals surface area contributed by atoms with Crippen molar-refractivity contribution in [3.05, 3.63) is 71.8 Å². The number of halogens is 2. The van der Waals surface area contributed by atoms with Gasteiger partial charge in [-0.05, 0) is 24.3 Å². The Morgan fingerprint density at radius 2 is 2.00 bits per heavy atom. The molecule has 27 heavy (non-hydrogen) atoms. The van der Waals surface area contributed by atoms with Gasteiger partial charge >= 0.3 is 0 Å². The van der Waals surface area contributed by atoms with Gasteiger partial charge in [0.05, 0.1) is 23.2 Å². The quantitative estimate of drug-likeness (QED) is 0.603. The van der Waals surface area contributed by atoms with Gasteiger partial charge in [0.15, 0.2) is 0 Å². The number of imidazole rings is 1. The lowest BCUT2D eigenvalue weighted by Crippen LogP contribution is -2.37. The highest BCUT2D eigenvalue weighted by Gasteiger charge is 2.34. The molecule has 9 heteroatoms. The highest BCUT2D eigenvalue weighted by atomic mass is 19.3. The zero-order chi connectivity index (χ0) is 18.4. The normalized spacial score (nSPS) is 16.9. The first-order chi connectivity index (χ1) is 13.2. The van der Waals surface area contributed by atoms with E-state index >= 15 is 0 Å². The molecule has 4 aromatic rings. The maximum absolute atomic E-state index is 13.4. The molecule has 4 aromatic heterocycles. The average Bonchev–Trinajstić information content (AvgIpc) is 3.34. The molecule has 136 valence electrons. The molecule has 1 aliphatic heterocycles. The van der Waals surface area contributed by atoms with Gasteiger partial charge in [-0.1, -0.05) is 0 Å². The molecule has 5 rings (SSSR count). The van der Waals surface area contributed by atoms with Gasteiger partial charge in [-0.2, -0.15) is 5.10 Å². The van der Waals surface area contributed by atoms with Crippen molar-refractivity contribution in [2.24, 2.45) is 0 Å². The monoisotopic (exact) mass is 367 g/mol. The van der Waals surface area contributed by atoms with Crippen LogP contribution >= 0.6 is 0 Å². The minimum absolute atomic E-state index is 0.0446. The Labute approximate surface area is 152 Å². The van der Waals surface area contributed by atoms with Gasteiger partial charge in [0.25, 0.3) is 6.43 Å². The summed E-state index contributed by atoms with van der Waals surface area (Å²) in [6.07, 6.45) is 4.87.